The van der Waals surface area contributed by atoms with Crippen molar-refractivity contribution in [2.45, 2.75) is 43.0 Å². The average molecular weight is 287 g/mol. The predicted molar refractivity (Wildman–Crippen MR) is 80.8 cm³/mol. The van der Waals surface area contributed by atoms with Gasteiger partial charge in [-0.05, 0) is 38.8 Å². The summed E-state index contributed by atoms with van der Waals surface area (Å²) in [7, 11) is 0. The number of rotatable bonds is 4. The standard InChI is InChI=1S/C15H17N3OS/c1-9-15(18-13-6-4-3-5-12(13)16-9)20-10(2)14(19)17-11-7-8-11/h3-6,10-11H,7-8H2,1-2H3,(H,17,19)/t10-/m0/s1. The van der Waals surface area contributed by atoms with Gasteiger partial charge in [0.05, 0.1) is 22.0 Å². The molecule has 1 saturated carbocycles. The van der Waals surface area contributed by atoms with Crippen molar-refractivity contribution in [2.24, 2.45) is 0 Å². The van der Waals surface area contributed by atoms with Crippen LogP contribution in [0.5, 0.6) is 0 Å². The number of aryl methyl sites for hydroxylation is 1. The van der Waals surface area contributed by atoms with Crippen LogP contribution in [0, 0.1) is 6.92 Å². The zero-order chi connectivity index (χ0) is 14.1. The second-order valence-electron chi connectivity index (χ2n) is 5.15. The molecule has 1 atom stereocenters. The van der Waals surface area contributed by atoms with Crippen molar-refractivity contribution in [2.75, 3.05) is 0 Å². The molecule has 0 aliphatic heterocycles. The largest absolute Gasteiger partial charge is 0.352 e. The first-order chi connectivity index (χ1) is 9.63. The lowest BCUT2D eigenvalue weighted by atomic mass is 10.3. The first-order valence-corrected chi connectivity index (χ1v) is 7.72. The molecule has 104 valence electrons. The second-order valence-corrected chi connectivity index (χ2v) is 6.48. The summed E-state index contributed by atoms with van der Waals surface area (Å²) in [5.74, 6) is 0.0897. The minimum absolute atomic E-state index is 0.0897. The van der Waals surface area contributed by atoms with Crippen LogP contribution < -0.4 is 5.32 Å². The maximum atomic E-state index is 12.0. The molecule has 1 aromatic carbocycles. The van der Waals surface area contributed by atoms with Crippen LogP contribution in [0.25, 0.3) is 11.0 Å². The summed E-state index contributed by atoms with van der Waals surface area (Å²) in [5, 5.41) is 3.71. The van der Waals surface area contributed by atoms with Gasteiger partial charge in [0.2, 0.25) is 5.91 Å². The minimum atomic E-state index is -0.148. The zero-order valence-corrected chi connectivity index (χ0v) is 12.4. The van der Waals surface area contributed by atoms with E-state index in [1.165, 1.54) is 11.8 Å². The summed E-state index contributed by atoms with van der Waals surface area (Å²) in [6.07, 6.45) is 2.22. The molecule has 5 heteroatoms. The summed E-state index contributed by atoms with van der Waals surface area (Å²) in [6.45, 7) is 3.85. The molecule has 1 fully saturated rings. The van der Waals surface area contributed by atoms with Crippen molar-refractivity contribution in [1.82, 2.24) is 15.3 Å². The molecule has 0 bridgehead atoms. The molecule has 0 spiro atoms. The van der Waals surface area contributed by atoms with Crippen LogP contribution in [-0.4, -0.2) is 27.2 Å². The molecule has 1 heterocycles. The number of carbonyl (C=O) groups is 1. The Balaban J connectivity index is 1.78. The fourth-order valence-electron chi connectivity index (χ4n) is 1.95. The Labute approximate surface area is 122 Å². The van der Waals surface area contributed by atoms with Gasteiger partial charge in [0.15, 0.2) is 0 Å². The number of carbonyl (C=O) groups excluding carboxylic acids is 1. The molecule has 1 N–H and O–H groups in total. The van der Waals surface area contributed by atoms with E-state index in [0.717, 1.165) is 34.6 Å². The number of amides is 1. The van der Waals surface area contributed by atoms with E-state index in [1.54, 1.807) is 0 Å². The van der Waals surface area contributed by atoms with Gasteiger partial charge in [-0.3, -0.25) is 4.79 Å². The molecule has 4 nitrogen and oxygen atoms in total. The van der Waals surface area contributed by atoms with Gasteiger partial charge in [0, 0.05) is 6.04 Å². The Kier molecular flexibility index (Phi) is 3.61. The number of hydrogen-bond acceptors (Lipinski definition) is 4. The highest BCUT2D eigenvalue weighted by Gasteiger charge is 2.26. The van der Waals surface area contributed by atoms with Crippen LogP contribution >= 0.6 is 11.8 Å². The number of para-hydroxylation sites is 2. The third kappa shape index (κ3) is 2.93. The van der Waals surface area contributed by atoms with Gasteiger partial charge in [0.25, 0.3) is 0 Å². The number of hydrogen-bond donors (Lipinski definition) is 1. The van der Waals surface area contributed by atoms with Crippen molar-refractivity contribution in [1.29, 1.82) is 0 Å². The Morgan fingerprint density at radius 3 is 2.60 bits per heavy atom. The van der Waals surface area contributed by atoms with E-state index in [0.29, 0.717) is 6.04 Å². The Morgan fingerprint density at radius 1 is 1.30 bits per heavy atom. The highest BCUT2D eigenvalue weighted by molar-refractivity contribution is 8.00. The molecule has 1 aliphatic carbocycles. The first-order valence-electron chi connectivity index (χ1n) is 6.84. The highest BCUT2D eigenvalue weighted by Crippen LogP contribution is 2.27. The summed E-state index contributed by atoms with van der Waals surface area (Å²) in [5.41, 5.74) is 2.64. The minimum Gasteiger partial charge on any atom is -0.352 e. The summed E-state index contributed by atoms with van der Waals surface area (Å²) in [4.78, 5) is 21.2. The maximum absolute atomic E-state index is 12.0. The predicted octanol–water partition coefficient (Wildman–Crippen LogP) is 2.70. The van der Waals surface area contributed by atoms with Crippen molar-refractivity contribution in [3.8, 4) is 0 Å². The molecular weight excluding hydrogens is 270 g/mol. The second kappa shape index (κ2) is 5.40. The molecule has 3 rings (SSSR count). The molecular formula is C15H17N3OS. The summed E-state index contributed by atoms with van der Waals surface area (Å²) < 4.78 is 0. The molecule has 0 saturated heterocycles. The van der Waals surface area contributed by atoms with Crippen molar-refractivity contribution in [3.63, 3.8) is 0 Å². The van der Waals surface area contributed by atoms with Crippen molar-refractivity contribution in [3.05, 3.63) is 30.0 Å². The van der Waals surface area contributed by atoms with Gasteiger partial charge in [-0.2, -0.15) is 0 Å². The maximum Gasteiger partial charge on any atom is 0.233 e. The van der Waals surface area contributed by atoms with Crippen LogP contribution in [0.15, 0.2) is 29.3 Å². The smallest absolute Gasteiger partial charge is 0.233 e. The van der Waals surface area contributed by atoms with E-state index >= 15 is 0 Å². The van der Waals surface area contributed by atoms with Crippen LogP contribution in [0.1, 0.15) is 25.5 Å². The number of fused-ring (bicyclic) bond motifs is 1. The Bertz CT molecular complexity index is 655. The van der Waals surface area contributed by atoms with Gasteiger partial charge in [-0.25, -0.2) is 9.97 Å². The zero-order valence-electron chi connectivity index (χ0n) is 11.6. The van der Waals surface area contributed by atoms with E-state index in [1.807, 2.05) is 38.1 Å². The number of aromatic nitrogens is 2. The molecule has 2 aromatic rings. The molecule has 1 aromatic heterocycles. The third-order valence-electron chi connectivity index (χ3n) is 3.28. The molecule has 20 heavy (non-hydrogen) atoms. The highest BCUT2D eigenvalue weighted by atomic mass is 32.2. The van der Waals surface area contributed by atoms with Crippen LogP contribution in [0.4, 0.5) is 0 Å². The normalized spacial score (nSPS) is 16.1. The monoisotopic (exact) mass is 287 g/mol. The third-order valence-corrected chi connectivity index (χ3v) is 4.46. The molecule has 1 amide bonds. The SMILES string of the molecule is Cc1nc2ccccc2nc1S[C@@H](C)C(=O)NC1CC1. The van der Waals surface area contributed by atoms with Gasteiger partial charge >= 0.3 is 0 Å². The van der Waals surface area contributed by atoms with Gasteiger partial charge in [-0.15, -0.1) is 0 Å². The van der Waals surface area contributed by atoms with E-state index in [-0.39, 0.29) is 11.2 Å². The molecule has 0 unspecified atom stereocenters. The molecule has 0 radical (unpaired) electrons. The molecule has 1 aliphatic rings. The number of thioether (sulfide) groups is 1. The fourth-order valence-corrected chi connectivity index (χ4v) is 2.83. The summed E-state index contributed by atoms with van der Waals surface area (Å²) in [6, 6.07) is 8.20. The van der Waals surface area contributed by atoms with Crippen molar-refractivity contribution < 1.29 is 4.79 Å². The van der Waals surface area contributed by atoms with E-state index in [9.17, 15) is 4.79 Å². The number of nitrogens with zero attached hydrogens (tertiary/aromatic N) is 2. The number of benzene rings is 1. The van der Waals surface area contributed by atoms with E-state index in [4.69, 9.17) is 0 Å². The lowest BCUT2D eigenvalue weighted by molar-refractivity contribution is -0.120. The Hall–Kier alpha value is -1.62. The number of nitrogens with one attached hydrogen (secondary N) is 1. The first kappa shape index (κ1) is 13.4. The average Bonchev–Trinajstić information content (AvgIpc) is 3.23. The lowest BCUT2D eigenvalue weighted by Crippen LogP contribution is -2.32. The fraction of sp³-hybridized carbons (Fsp3) is 0.400. The van der Waals surface area contributed by atoms with E-state index < -0.39 is 0 Å². The summed E-state index contributed by atoms with van der Waals surface area (Å²) >= 11 is 1.48. The Morgan fingerprint density at radius 2 is 1.95 bits per heavy atom. The van der Waals surface area contributed by atoms with Gasteiger partial charge < -0.3 is 5.32 Å². The topological polar surface area (TPSA) is 54.9 Å². The quantitative estimate of drug-likeness (QED) is 0.878. The lowest BCUT2D eigenvalue weighted by Gasteiger charge is -2.12. The van der Waals surface area contributed by atoms with Crippen molar-refractivity contribution >= 4 is 28.7 Å². The van der Waals surface area contributed by atoms with E-state index in [2.05, 4.69) is 15.3 Å². The van der Waals surface area contributed by atoms with Crippen LogP contribution in [0.3, 0.4) is 0 Å². The van der Waals surface area contributed by atoms with Gasteiger partial charge in [-0.1, -0.05) is 23.9 Å². The van der Waals surface area contributed by atoms with Gasteiger partial charge in [0.1, 0.15) is 5.03 Å². The van der Waals surface area contributed by atoms with Crippen LogP contribution in [-0.2, 0) is 4.79 Å². The van der Waals surface area contributed by atoms with Crippen LogP contribution in [0.2, 0.25) is 0 Å².